The van der Waals surface area contributed by atoms with Crippen LogP contribution in [0.2, 0.25) is 0 Å². The Kier molecular flexibility index (Phi) is 6.83. The van der Waals surface area contributed by atoms with Crippen molar-refractivity contribution in [2.24, 2.45) is 0 Å². The molecule has 0 aliphatic carbocycles. The fraction of sp³-hybridized carbons (Fsp3) is 0. The molecule has 0 bridgehead atoms. The first-order valence-electron chi connectivity index (χ1n) is 17.4. The quantitative estimate of drug-likeness (QED) is 0.178. The van der Waals surface area contributed by atoms with Crippen molar-refractivity contribution in [3.63, 3.8) is 0 Å². The molecule has 0 aliphatic rings. The van der Waals surface area contributed by atoms with E-state index in [2.05, 4.69) is 120 Å². The number of para-hydroxylation sites is 2. The van der Waals surface area contributed by atoms with Crippen molar-refractivity contribution in [2.45, 2.75) is 0 Å². The van der Waals surface area contributed by atoms with Crippen molar-refractivity contribution < 1.29 is 4.42 Å². The molecular weight excluding hydrogens is 689 g/mol. The standard InChI is InChI=1S/C46H26N4OS2/c1-2-9-28(10-3-1)43-48-44(31-22-24-40-35(26-31)32-11-4-7-16-39(32)52-40)50-45(49-43)34-13-8-12-33-36-25-30(21-23-41(36)53-42(33)34)27-17-19-29(20-18-27)46-47-37-14-5-6-15-38(37)51-46/h1-26H. The van der Waals surface area contributed by atoms with E-state index in [0.717, 1.165) is 49.2 Å². The SMILES string of the molecule is c1ccc(-c2nc(-c3ccc4sc5ccccc5c4c3)nc(-c3cccc4c3sc3ccc(-c5ccc(-c6nc7ccccc7o6)cc5)cc34)n2)cc1. The smallest absolute Gasteiger partial charge is 0.227 e. The highest BCUT2D eigenvalue weighted by Gasteiger charge is 2.18. The first-order valence-corrected chi connectivity index (χ1v) is 19.0. The molecule has 4 aromatic heterocycles. The molecule has 0 saturated carbocycles. The summed E-state index contributed by atoms with van der Waals surface area (Å²) >= 11 is 3.59. The lowest BCUT2D eigenvalue weighted by molar-refractivity contribution is 0.620. The van der Waals surface area contributed by atoms with Crippen molar-refractivity contribution >= 4 is 74.1 Å². The summed E-state index contributed by atoms with van der Waals surface area (Å²) in [6, 6.07) is 54.7. The minimum atomic E-state index is 0.627. The largest absolute Gasteiger partial charge is 0.436 e. The lowest BCUT2D eigenvalue weighted by atomic mass is 10.0. The first kappa shape index (κ1) is 30.1. The van der Waals surface area contributed by atoms with Crippen molar-refractivity contribution in [3.05, 3.63) is 158 Å². The molecule has 0 aliphatic heterocycles. The van der Waals surface area contributed by atoms with Gasteiger partial charge in [0.1, 0.15) is 5.52 Å². The van der Waals surface area contributed by atoms with Gasteiger partial charge in [-0.3, -0.25) is 0 Å². The van der Waals surface area contributed by atoms with Gasteiger partial charge in [0.05, 0.1) is 0 Å². The molecule has 0 fully saturated rings. The Hall–Kier alpha value is -6.54. The third-order valence-corrected chi connectivity index (χ3v) is 12.2. The van der Waals surface area contributed by atoms with Crippen LogP contribution in [-0.2, 0) is 0 Å². The number of nitrogens with zero attached hydrogens (tertiary/aromatic N) is 4. The van der Waals surface area contributed by atoms with E-state index in [1.165, 1.54) is 35.6 Å². The van der Waals surface area contributed by atoms with E-state index in [0.29, 0.717) is 23.4 Å². The maximum Gasteiger partial charge on any atom is 0.227 e. The van der Waals surface area contributed by atoms with E-state index >= 15 is 0 Å². The Morgan fingerprint density at radius 1 is 0.377 bits per heavy atom. The lowest BCUT2D eigenvalue weighted by Crippen LogP contribution is -2.00. The number of aromatic nitrogens is 4. The summed E-state index contributed by atoms with van der Waals surface area (Å²) < 4.78 is 10.9. The summed E-state index contributed by atoms with van der Waals surface area (Å²) in [7, 11) is 0. The molecule has 0 unspecified atom stereocenters. The molecule has 11 rings (SSSR count). The molecular formula is C46H26N4OS2. The molecule has 7 aromatic carbocycles. The van der Waals surface area contributed by atoms with Crippen LogP contribution in [0.1, 0.15) is 0 Å². The van der Waals surface area contributed by atoms with E-state index in [4.69, 9.17) is 19.4 Å². The number of rotatable bonds is 5. The molecule has 4 heterocycles. The van der Waals surface area contributed by atoms with E-state index in [1.54, 1.807) is 11.3 Å². The van der Waals surface area contributed by atoms with Crippen LogP contribution in [0.25, 0.3) is 108 Å². The van der Waals surface area contributed by atoms with Crippen molar-refractivity contribution in [2.75, 3.05) is 0 Å². The van der Waals surface area contributed by atoms with E-state index in [1.807, 2.05) is 53.8 Å². The maximum absolute atomic E-state index is 6.01. The number of oxazole rings is 1. The van der Waals surface area contributed by atoms with Gasteiger partial charge < -0.3 is 4.42 Å². The van der Waals surface area contributed by atoms with Gasteiger partial charge in [-0.05, 0) is 77.9 Å². The van der Waals surface area contributed by atoms with Gasteiger partial charge in [0, 0.05) is 62.6 Å². The summed E-state index contributed by atoms with van der Waals surface area (Å²) in [6.07, 6.45) is 0. The zero-order chi connectivity index (χ0) is 34.9. The maximum atomic E-state index is 6.01. The van der Waals surface area contributed by atoms with Gasteiger partial charge in [0.2, 0.25) is 5.89 Å². The van der Waals surface area contributed by atoms with Crippen LogP contribution in [0.5, 0.6) is 0 Å². The Labute approximate surface area is 311 Å². The molecule has 7 heteroatoms. The zero-order valence-electron chi connectivity index (χ0n) is 28.0. The molecule has 11 aromatic rings. The van der Waals surface area contributed by atoms with Crippen LogP contribution in [0, 0.1) is 0 Å². The third-order valence-electron chi connectivity index (χ3n) is 9.80. The van der Waals surface area contributed by atoms with Crippen LogP contribution in [-0.4, -0.2) is 19.9 Å². The fourth-order valence-corrected chi connectivity index (χ4v) is 9.44. The lowest BCUT2D eigenvalue weighted by Gasteiger charge is -2.09. The van der Waals surface area contributed by atoms with Crippen molar-refractivity contribution in [3.8, 4) is 56.7 Å². The van der Waals surface area contributed by atoms with Crippen molar-refractivity contribution in [1.82, 2.24) is 19.9 Å². The van der Waals surface area contributed by atoms with Gasteiger partial charge in [-0.25, -0.2) is 19.9 Å². The van der Waals surface area contributed by atoms with Crippen LogP contribution < -0.4 is 0 Å². The number of benzene rings is 7. The van der Waals surface area contributed by atoms with E-state index < -0.39 is 0 Å². The molecule has 0 atom stereocenters. The van der Waals surface area contributed by atoms with Gasteiger partial charge in [0.25, 0.3) is 0 Å². The Bertz CT molecular complexity index is 3150. The highest BCUT2D eigenvalue weighted by Crippen LogP contribution is 2.42. The second kappa shape index (κ2) is 12.0. The summed E-state index contributed by atoms with van der Waals surface area (Å²) in [6.45, 7) is 0. The molecule has 0 saturated heterocycles. The molecule has 5 nitrogen and oxygen atoms in total. The summed E-state index contributed by atoms with van der Waals surface area (Å²) in [4.78, 5) is 20.0. The molecule has 0 amide bonds. The molecule has 248 valence electrons. The number of hydrogen-bond donors (Lipinski definition) is 0. The topological polar surface area (TPSA) is 64.7 Å². The molecule has 0 N–H and O–H groups in total. The van der Waals surface area contributed by atoms with E-state index in [9.17, 15) is 0 Å². The van der Waals surface area contributed by atoms with Gasteiger partial charge in [0.15, 0.2) is 23.1 Å². The summed E-state index contributed by atoms with van der Waals surface area (Å²) in [5.74, 6) is 2.61. The van der Waals surface area contributed by atoms with Crippen LogP contribution in [0.15, 0.2) is 162 Å². The second-order valence-corrected chi connectivity index (χ2v) is 15.2. The third kappa shape index (κ3) is 5.12. The molecule has 0 radical (unpaired) electrons. The first-order chi connectivity index (χ1) is 26.2. The zero-order valence-corrected chi connectivity index (χ0v) is 29.7. The average Bonchev–Trinajstić information content (AvgIpc) is 3.94. The predicted molar refractivity (Wildman–Crippen MR) is 220 cm³/mol. The van der Waals surface area contributed by atoms with Gasteiger partial charge >= 0.3 is 0 Å². The Morgan fingerprint density at radius 2 is 1.00 bits per heavy atom. The average molecular weight is 715 g/mol. The van der Waals surface area contributed by atoms with Crippen LogP contribution in [0.3, 0.4) is 0 Å². The summed E-state index contributed by atoms with van der Waals surface area (Å²) in [5, 5.41) is 4.86. The minimum Gasteiger partial charge on any atom is -0.436 e. The predicted octanol–water partition coefficient (Wildman–Crippen LogP) is 13.1. The van der Waals surface area contributed by atoms with Crippen molar-refractivity contribution in [1.29, 1.82) is 0 Å². The van der Waals surface area contributed by atoms with Gasteiger partial charge in [-0.2, -0.15) is 0 Å². The number of fused-ring (bicyclic) bond motifs is 7. The second-order valence-electron chi connectivity index (χ2n) is 13.0. The molecule has 0 spiro atoms. The Morgan fingerprint density at radius 3 is 1.87 bits per heavy atom. The van der Waals surface area contributed by atoms with Crippen LogP contribution >= 0.6 is 22.7 Å². The highest BCUT2D eigenvalue weighted by atomic mass is 32.1. The minimum absolute atomic E-state index is 0.627. The normalized spacial score (nSPS) is 11.8. The van der Waals surface area contributed by atoms with Gasteiger partial charge in [-0.15, -0.1) is 22.7 Å². The van der Waals surface area contributed by atoms with Gasteiger partial charge in [-0.1, -0.05) is 91.0 Å². The fourth-order valence-electron chi connectivity index (χ4n) is 7.16. The summed E-state index contributed by atoms with van der Waals surface area (Å²) in [5.41, 5.74) is 7.80. The highest BCUT2D eigenvalue weighted by molar-refractivity contribution is 7.26. The van der Waals surface area contributed by atoms with E-state index in [-0.39, 0.29) is 0 Å². The molecule has 53 heavy (non-hydrogen) atoms. The monoisotopic (exact) mass is 714 g/mol. The van der Waals surface area contributed by atoms with Crippen LogP contribution in [0.4, 0.5) is 0 Å². The Balaban J connectivity index is 1.02. The number of hydrogen-bond acceptors (Lipinski definition) is 7. The number of thiophene rings is 2.